The van der Waals surface area contributed by atoms with Crippen molar-refractivity contribution in [2.75, 3.05) is 0 Å². The standard InChI is InChI=1S/C25H15BrCl2N2O3/c26-14-11-9-13(10-12-14)21(31)29-30-22(32)19-20(23(30)33)25(28)16-6-2-1-5-15(16)24(19,27)17-7-3-4-8-18(17)25/h1-12,19-20H,(H,29,31)/t19-,20-,24?,25?/m1/s1. The zero-order valence-corrected chi connectivity index (χ0v) is 20.0. The van der Waals surface area contributed by atoms with Crippen LogP contribution in [0.2, 0.25) is 0 Å². The van der Waals surface area contributed by atoms with Crippen molar-refractivity contribution in [2.24, 2.45) is 11.8 Å². The highest BCUT2D eigenvalue weighted by atomic mass is 79.9. The van der Waals surface area contributed by atoms with E-state index in [0.717, 1.165) is 9.48 Å². The zero-order chi connectivity index (χ0) is 23.1. The molecule has 3 aromatic carbocycles. The van der Waals surface area contributed by atoms with Crippen LogP contribution in [0.25, 0.3) is 0 Å². The molecule has 1 fully saturated rings. The smallest absolute Gasteiger partial charge is 0.270 e. The maximum atomic E-state index is 13.7. The molecule has 1 aliphatic heterocycles. The summed E-state index contributed by atoms with van der Waals surface area (Å²) in [5, 5.41) is 0.797. The molecule has 0 aromatic heterocycles. The number of nitrogens with zero attached hydrogens (tertiary/aromatic N) is 1. The van der Waals surface area contributed by atoms with Crippen molar-refractivity contribution in [1.29, 1.82) is 0 Å². The number of hydrogen-bond acceptors (Lipinski definition) is 3. The van der Waals surface area contributed by atoms with E-state index in [1.165, 1.54) is 0 Å². The summed E-state index contributed by atoms with van der Waals surface area (Å²) in [4.78, 5) is 37.6. The van der Waals surface area contributed by atoms with Gasteiger partial charge in [-0.25, -0.2) is 0 Å². The number of hydrogen-bond donors (Lipinski definition) is 1. The van der Waals surface area contributed by atoms with E-state index in [0.29, 0.717) is 27.8 Å². The number of carbonyl (C=O) groups excluding carboxylic acids is 3. The van der Waals surface area contributed by atoms with Crippen molar-refractivity contribution < 1.29 is 14.4 Å². The Morgan fingerprint density at radius 3 is 1.55 bits per heavy atom. The molecule has 2 bridgehead atoms. The van der Waals surface area contributed by atoms with Gasteiger partial charge in [0.25, 0.3) is 17.7 Å². The molecule has 3 aromatic rings. The van der Waals surface area contributed by atoms with Gasteiger partial charge in [0.1, 0.15) is 9.75 Å². The first kappa shape index (κ1) is 20.9. The lowest BCUT2D eigenvalue weighted by molar-refractivity contribution is -0.142. The summed E-state index contributed by atoms with van der Waals surface area (Å²) in [5.74, 6) is -3.63. The Morgan fingerprint density at radius 2 is 1.15 bits per heavy atom. The number of nitrogens with one attached hydrogen (secondary N) is 1. The highest BCUT2D eigenvalue weighted by Gasteiger charge is 2.73. The third-order valence-corrected chi connectivity index (χ3v) is 8.72. The minimum Gasteiger partial charge on any atom is -0.272 e. The second-order valence-corrected chi connectivity index (χ2v) is 10.5. The Kier molecular flexibility index (Phi) is 4.38. The number of amides is 3. The normalized spacial score (nSPS) is 28.9. The first-order chi connectivity index (χ1) is 15.8. The molecule has 2 atom stereocenters. The molecule has 8 heteroatoms. The summed E-state index contributed by atoms with van der Waals surface area (Å²) in [7, 11) is 0. The number of halogens is 3. The summed E-state index contributed by atoms with van der Waals surface area (Å²) < 4.78 is 0.804. The van der Waals surface area contributed by atoms with Crippen molar-refractivity contribution >= 4 is 56.9 Å². The zero-order valence-electron chi connectivity index (χ0n) is 16.9. The Hall–Kier alpha value is -2.67. The number of alkyl halides is 2. The Balaban J connectivity index is 1.49. The van der Waals surface area contributed by atoms with Crippen LogP contribution < -0.4 is 5.43 Å². The van der Waals surface area contributed by atoms with Gasteiger partial charge in [0, 0.05) is 10.0 Å². The summed E-state index contributed by atoms with van der Waals surface area (Å²) in [6.07, 6.45) is 0. The second kappa shape index (κ2) is 6.92. The molecule has 33 heavy (non-hydrogen) atoms. The molecule has 5 nitrogen and oxygen atoms in total. The average molecular weight is 542 g/mol. The van der Waals surface area contributed by atoms with Gasteiger partial charge in [-0.15, -0.1) is 23.2 Å². The Bertz CT molecular complexity index is 1250. The van der Waals surface area contributed by atoms with E-state index in [1.54, 1.807) is 24.3 Å². The van der Waals surface area contributed by atoms with E-state index in [1.807, 2.05) is 48.5 Å². The minimum absolute atomic E-state index is 0.310. The van der Waals surface area contributed by atoms with E-state index >= 15 is 0 Å². The van der Waals surface area contributed by atoms with Crippen molar-refractivity contribution in [3.63, 3.8) is 0 Å². The number of imide groups is 1. The molecule has 0 saturated carbocycles. The second-order valence-electron chi connectivity index (χ2n) is 8.43. The highest BCUT2D eigenvalue weighted by Crippen LogP contribution is 2.69. The molecule has 0 unspecified atom stereocenters. The third kappa shape index (κ3) is 2.52. The van der Waals surface area contributed by atoms with Crippen molar-refractivity contribution in [1.82, 2.24) is 10.4 Å². The molecule has 1 saturated heterocycles. The van der Waals surface area contributed by atoms with Crippen LogP contribution in [0.15, 0.2) is 77.3 Å². The molecule has 0 radical (unpaired) electrons. The summed E-state index contributed by atoms with van der Waals surface area (Å²) in [5.41, 5.74) is 5.65. The Morgan fingerprint density at radius 1 is 0.758 bits per heavy atom. The molecule has 164 valence electrons. The van der Waals surface area contributed by atoms with E-state index in [-0.39, 0.29) is 0 Å². The van der Waals surface area contributed by atoms with Crippen LogP contribution in [0.3, 0.4) is 0 Å². The maximum absolute atomic E-state index is 13.7. The predicted molar refractivity (Wildman–Crippen MR) is 127 cm³/mol. The van der Waals surface area contributed by atoms with E-state index in [2.05, 4.69) is 21.4 Å². The first-order valence-corrected chi connectivity index (χ1v) is 11.9. The lowest BCUT2D eigenvalue weighted by Crippen LogP contribution is -2.57. The van der Waals surface area contributed by atoms with Crippen LogP contribution in [-0.2, 0) is 19.3 Å². The third-order valence-electron chi connectivity index (χ3n) is 6.91. The molecule has 1 heterocycles. The van der Waals surface area contributed by atoms with Crippen molar-refractivity contribution in [3.05, 3.63) is 105 Å². The van der Waals surface area contributed by atoms with Gasteiger partial charge < -0.3 is 0 Å². The number of hydrazine groups is 1. The van der Waals surface area contributed by atoms with Gasteiger partial charge in [-0.2, -0.15) is 5.01 Å². The van der Waals surface area contributed by atoms with Gasteiger partial charge in [0.2, 0.25) is 0 Å². The quantitative estimate of drug-likeness (QED) is 0.378. The van der Waals surface area contributed by atoms with Gasteiger partial charge in [-0.3, -0.25) is 19.8 Å². The molecule has 4 aliphatic rings. The first-order valence-electron chi connectivity index (χ1n) is 10.3. The van der Waals surface area contributed by atoms with Crippen LogP contribution in [0, 0.1) is 11.8 Å². The van der Waals surface area contributed by atoms with E-state index in [4.69, 9.17) is 23.2 Å². The minimum atomic E-state index is -1.28. The predicted octanol–water partition coefficient (Wildman–Crippen LogP) is 4.69. The lowest BCUT2D eigenvalue weighted by Gasteiger charge is -2.54. The number of carbonyl (C=O) groups is 3. The van der Waals surface area contributed by atoms with Gasteiger partial charge in [-0.1, -0.05) is 64.5 Å². The fourth-order valence-electron chi connectivity index (χ4n) is 5.54. The van der Waals surface area contributed by atoms with Gasteiger partial charge in [-0.05, 0) is 46.5 Å². The lowest BCUT2D eigenvalue weighted by atomic mass is 9.54. The molecular weight excluding hydrogens is 527 g/mol. The maximum Gasteiger partial charge on any atom is 0.270 e. The molecule has 0 spiro atoms. The van der Waals surface area contributed by atoms with Gasteiger partial charge in [0.05, 0.1) is 11.8 Å². The van der Waals surface area contributed by atoms with E-state index < -0.39 is 39.3 Å². The van der Waals surface area contributed by atoms with Crippen LogP contribution in [0.4, 0.5) is 0 Å². The largest absolute Gasteiger partial charge is 0.272 e. The summed E-state index contributed by atoms with van der Waals surface area (Å²) >= 11 is 18.0. The van der Waals surface area contributed by atoms with Gasteiger partial charge >= 0.3 is 0 Å². The highest BCUT2D eigenvalue weighted by molar-refractivity contribution is 9.10. The number of benzene rings is 3. The average Bonchev–Trinajstić information content (AvgIpc) is 3.09. The SMILES string of the molecule is O=C(NN1C(=O)[C@H]2[C@H](C1=O)C1(Cl)c3ccccc3C2(Cl)c2ccccc21)c1ccc(Br)cc1. The molecule has 7 rings (SSSR count). The van der Waals surface area contributed by atoms with Crippen LogP contribution in [0.5, 0.6) is 0 Å². The summed E-state index contributed by atoms with van der Waals surface area (Å²) in [6, 6.07) is 21.4. The molecule has 3 aliphatic carbocycles. The molecule has 1 N–H and O–H groups in total. The van der Waals surface area contributed by atoms with Crippen molar-refractivity contribution in [2.45, 2.75) is 9.75 Å². The number of rotatable bonds is 2. The fraction of sp³-hybridized carbons (Fsp3) is 0.160. The molecular formula is C25H15BrCl2N2O3. The fourth-order valence-corrected chi connectivity index (χ4v) is 6.91. The van der Waals surface area contributed by atoms with Crippen LogP contribution in [0.1, 0.15) is 32.6 Å². The summed E-state index contributed by atoms with van der Waals surface area (Å²) in [6.45, 7) is 0. The van der Waals surface area contributed by atoms with Crippen LogP contribution >= 0.6 is 39.1 Å². The van der Waals surface area contributed by atoms with Crippen LogP contribution in [-0.4, -0.2) is 22.7 Å². The van der Waals surface area contributed by atoms with Gasteiger partial charge in [0.15, 0.2) is 0 Å². The van der Waals surface area contributed by atoms with Crippen molar-refractivity contribution in [3.8, 4) is 0 Å². The van der Waals surface area contributed by atoms with E-state index in [9.17, 15) is 14.4 Å². The molecule has 3 amide bonds. The monoisotopic (exact) mass is 540 g/mol. The Labute approximate surface area is 207 Å². The topological polar surface area (TPSA) is 66.5 Å².